The Hall–Kier alpha value is -1.15. The van der Waals surface area contributed by atoms with Gasteiger partial charge in [0, 0.05) is 32.6 Å². The Morgan fingerprint density at radius 3 is 2.33 bits per heavy atom. The van der Waals surface area contributed by atoms with Crippen molar-refractivity contribution >= 4 is 28.3 Å². The number of carbonyl (C=O) groups is 1. The number of hydrogen-bond donors (Lipinski definition) is 2. The Morgan fingerprint density at radius 2 is 1.79 bits per heavy atom. The lowest BCUT2D eigenvalue weighted by Crippen LogP contribution is -2.31. The topological polar surface area (TPSA) is 78.5 Å². The quantitative estimate of drug-likeness (QED) is 0.793. The van der Waals surface area contributed by atoms with E-state index in [0.717, 1.165) is 31.7 Å². The van der Waals surface area contributed by atoms with Gasteiger partial charge in [-0.3, -0.25) is 4.79 Å². The Kier molecular flexibility index (Phi) is 6.25. The molecule has 8 heteroatoms. The lowest BCUT2D eigenvalue weighted by molar-refractivity contribution is -0.130. The fourth-order valence-electron chi connectivity index (χ4n) is 3.42. The normalized spacial score (nSPS) is 23.0. The number of hydrogen-bond acceptors (Lipinski definition) is 4. The highest BCUT2D eigenvalue weighted by atomic mass is 35.5. The van der Waals surface area contributed by atoms with Gasteiger partial charge in [-0.15, -0.1) is 12.4 Å². The van der Waals surface area contributed by atoms with E-state index in [2.05, 4.69) is 10.0 Å². The number of rotatable bonds is 5. The molecule has 2 aliphatic rings. The number of nitrogens with zero attached hydrogens (tertiary/aromatic N) is 1. The summed E-state index contributed by atoms with van der Waals surface area (Å²) in [5, 5.41) is 3.37. The summed E-state index contributed by atoms with van der Waals surface area (Å²) in [6.07, 6.45) is 1.12. The zero-order chi connectivity index (χ0) is 16.4. The van der Waals surface area contributed by atoms with Crippen LogP contribution in [0.1, 0.15) is 12.0 Å². The predicted molar refractivity (Wildman–Crippen MR) is 94.7 cm³/mol. The molecule has 1 aromatic carbocycles. The van der Waals surface area contributed by atoms with Crippen molar-refractivity contribution in [2.75, 3.05) is 33.2 Å². The van der Waals surface area contributed by atoms with E-state index in [9.17, 15) is 13.2 Å². The molecular weight excluding hydrogens is 350 g/mol. The molecule has 2 saturated heterocycles. The van der Waals surface area contributed by atoms with Crippen LogP contribution in [0.2, 0.25) is 0 Å². The SMILES string of the molecule is CNS(=O)(=O)c1ccc(CCC(=O)N2C[C@H]3CNC[C@H]3C2)cc1.Cl. The van der Waals surface area contributed by atoms with Crippen LogP contribution in [0.4, 0.5) is 0 Å². The molecule has 0 spiro atoms. The fraction of sp³-hybridized carbons (Fsp3) is 0.562. The summed E-state index contributed by atoms with van der Waals surface area (Å²) in [7, 11) is -2.01. The van der Waals surface area contributed by atoms with Crippen molar-refractivity contribution in [1.82, 2.24) is 14.9 Å². The van der Waals surface area contributed by atoms with Gasteiger partial charge in [-0.1, -0.05) is 12.1 Å². The van der Waals surface area contributed by atoms with Crippen molar-refractivity contribution in [3.8, 4) is 0 Å². The van der Waals surface area contributed by atoms with E-state index in [1.807, 2.05) is 4.90 Å². The summed E-state index contributed by atoms with van der Waals surface area (Å²) in [6, 6.07) is 6.72. The van der Waals surface area contributed by atoms with E-state index in [4.69, 9.17) is 0 Å². The Labute approximate surface area is 149 Å². The molecule has 0 aromatic heterocycles. The molecule has 2 heterocycles. The number of carbonyl (C=O) groups excluding carboxylic acids is 1. The monoisotopic (exact) mass is 373 g/mol. The summed E-state index contributed by atoms with van der Waals surface area (Å²) in [5.41, 5.74) is 0.981. The Morgan fingerprint density at radius 1 is 1.21 bits per heavy atom. The van der Waals surface area contributed by atoms with Crippen LogP contribution in [0.25, 0.3) is 0 Å². The third kappa shape index (κ3) is 4.08. The van der Waals surface area contributed by atoms with Crippen LogP contribution in [-0.4, -0.2) is 52.5 Å². The van der Waals surface area contributed by atoms with Gasteiger partial charge in [0.25, 0.3) is 0 Å². The van der Waals surface area contributed by atoms with Gasteiger partial charge in [-0.25, -0.2) is 13.1 Å². The zero-order valence-corrected chi connectivity index (χ0v) is 15.3. The van der Waals surface area contributed by atoms with E-state index in [-0.39, 0.29) is 23.2 Å². The highest BCUT2D eigenvalue weighted by Crippen LogP contribution is 2.26. The molecule has 2 aliphatic heterocycles. The molecule has 134 valence electrons. The second-order valence-electron chi connectivity index (χ2n) is 6.33. The molecular formula is C16H24ClN3O3S. The van der Waals surface area contributed by atoms with Crippen molar-refractivity contribution in [1.29, 1.82) is 0 Å². The number of halogens is 1. The minimum absolute atomic E-state index is 0. The number of fused-ring (bicyclic) bond motifs is 1. The average molecular weight is 374 g/mol. The Bertz CT molecular complexity index is 666. The molecule has 1 aromatic rings. The number of sulfonamides is 1. The zero-order valence-electron chi connectivity index (χ0n) is 13.7. The van der Waals surface area contributed by atoms with E-state index in [1.54, 1.807) is 24.3 Å². The summed E-state index contributed by atoms with van der Waals surface area (Å²) in [5.74, 6) is 1.43. The first-order valence-electron chi connectivity index (χ1n) is 8.00. The van der Waals surface area contributed by atoms with Crippen LogP contribution < -0.4 is 10.0 Å². The van der Waals surface area contributed by atoms with Gasteiger partial charge in [0.1, 0.15) is 0 Å². The van der Waals surface area contributed by atoms with E-state index in [0.29, 0.717) is 24.7 Å². The number of amides is 1. The minimum Gasteiger partial charge on any atom is -0.342 e. The van der Waals surface area contributed by atoms with Crippen molar-refractivity contribution < 1.29 is 13.2 Å². The molecule has 6 nitrogen and oxygen atoms in total. The van der Waals surface area contributed by atoms with Gasteiger partial charge in [-0.05, 0) is 43.0 Å². The van der Waals surface area contributed by atoms with Crippen LogP contribution in [0.3, 0.4) is 0 Å². The largest absolute Gasteiger partial charge is 0.342 e. The lowest BCUT2D eigenvalue weighted by atomic mass is 10.0. The first-order chi connectivity index (χ1) is 11.0. The van der Waals surface area contributed by atoms with Gasteiger partial charge in [0.2, 0.25) is 15.9 Å². The maximum Gasteiger partial charge on any atom is 0.240 e. The van der Waals surface area contributed by atoms with Gasteiger partial charge in [0.15, 0.2) is 0 Å². The second-order valence-corrected chi connectivity index (χ2v) is 8.22. The van der Waals surface area contributed by atoms with E-state index in [1.165, 1.54) is 7.05 Å². The van der Waals surface area contributed by atoms with Crippen molar-refractivity contribution in [3.05, 3.63) is 29.8 Å². The van der Waals surface area contributed by atoms with Crippen molar-refractivity contribution in [2.45, 2.75) is 17.7 Å². The molecule has 1 amide bonds. The maximum absolute atomic E-state index is 12.3. The first kappa shape index (κ1) is 19.2. The second kappa shape index (κ2) is 7.82. The minimum atomic E-state index is -3.40. The van der Waals surface area contributed by atoms with Crippen LogP contribution in [0.15, 0.2) is 29.2 Å². The van der Waals surface area contributed by atoms with E-state index >= 15 is 0 Å². The van der Waals surface area contributed by atoms with E-state index < -0.39 is 10.0 Å². The molecule has 0 bridgehead atoms. The fourth-order valence-corrected chi connectivity index (χ4v) is 4.15. The smallest absolute Gasteiger partial charge is 0.240 e. The van der Waals surface area contributed by atoms with Crippen LogP contribution in [0.5, 0.6) is 0 Å². The van der Waals surface area contributed by atoms with Crippen molar-refractivity contribution in [3.63, 3.8) is 0 Å². The molecule has 0 radical (unpaired) electrons. The number of aryl methyl sites for hydroxylation is 1. The van der Waals surface area contributed by atoms with Gasteiger partial charge in [-0.2, -0.15) is 0 Å². The average Bonchev–Trinajstić information content (AvgIpc) is 3.14. The highest BCUT2D eigenvalue weighted by Gasteiger charge is 2.37. The van der Waals surface area contributed by atoms with Crippen LogP contribution in [0, 0.1) is 11.8 Å². The molecule has 0 unspecified atom stereocenters. The summed E-state index contributed by atoms with van der Waals surface area (Å²) < 4.78 is 25.6. The number of likely N-dealkylation sites (tertiary alicyclic amines) is 1. The van der Waals surface area contributed by atoms with Crippen molar-refractivity contribution in [2.24, 2.45) is 11.8 Å². The molecule has 2 N–H and O–H groups in total. The predicted octanol–water partition coefficient (Wildman–Crippen LogP) is 0.627. The molecule has 0 saturated carbocycles. The molecule has 2 atom stereocenters. The van der Waals surface area contributed by atoms with Crippen LogP contribution >= 0.6 is 12.4 Å². The molecule has 0 aliphatic carbocycles. The van der Waals surface area contributed by atoms with Gasteiger partial charge >= 0.3 is 0 Å². The van der Waals surface area contributed by atoms with Gasteiger partial charge in [0.05, 0.1) is 4.90 Å². The van der Waals surface area contributed by atoms with Crippen LogP contribution in [-0.2, 0) is 21.2 Å². The van der Waals surface area contributed by atoms with Gasteiger partial charge < -0.3 is 10.2 Å². The lowest BCUT2D eigenvalue weighted by Gasteiger charge is -2.17. The molecule has 24 heavy (non-hydrogen) atoms. The highest BCUT2D eigenvalue weighted by molar-refractivity contribution is 7.89. The summed E-state index contributed by atoms with van der Waals surface area (Å²) >= 11 is 0. The number of nitrogens with one attached hydrogen (secondary N) is 2. The summed E-state index contributed by atoms with van der Waals surface area (Å²) in [4.78, 5) is 14.5. The third-order valence-corrected chi connectivity index (χ3v) is 6.30. The number of benzene rings is 1. The molecule has 3 rings (SSSR count). The summed E-state index contributed by atoms with van der Waals surface area (Å²) in [6.45, 7) is 3.79. The Balaban J connectivity index is 0.00000208. The maximum atomic E-state index is 12.3. The third-order valence-electron chi connectivity index (χ3n) is 4.87. The first-order valence-corrected chi connectivity index (χ1v) is 9.49. The molecule has 2 fully saturated rings. The standard InChI is InChI=1S/C16H23N3O3S.ClH/c1-17-23(21,22)15-5-2-12(3-6-15)4-7-16(20)19-10-13-8-18-9-14(13)11-19;/h2-3,5-6,13-14,17-18H,4,7-11H2,1H3;1H/t13-,14+;.